The second-order valence-electron chi connectivity index (χ2n) is 5.49. The molecule has 18 heavy (non-hydrogen) atoms. The Morgan fingerprint density at radius 1 is 1.22 bits per heavy atom. The molecule has 0 aliphatic heterocycles. The zero-order chi connectivity index (χ0) is 13.5. The number of benzene rings is 1. The van der Waals surface area contributed by atoms with Crippen LogP contribution in [0, 0.1) is 12.8 Å². The van der Waals surface area contributed by atoms with E-state index >= 15 is 0 Å². The molecule has 1 atom stereocenters. The fourth-order valence-corrected chi connectivity index (χ4v) is 2.34. The van der Waals surface area contributed by atoms with E-state index in [-0.39, 0.29) is 0 Å². The first-order valence-electron chi connectivity index (χ1n) is 7.04. The van der Waals surface area contributed by atoms with Gasteiger partial charge in [0.1, 0.15) is 0 Å². The summed E-state index contributed by atoms with van der Waals surface area (Å²) >= 11 is 3.57. The Morgan fingerprint density at radius 2 is 1.94 bits per heavy atom. The molecule has 0 saturated heterocycles. The number of nitrogens with one attached hydrogen (secondary N) is 1. The van der Waals surface area contributed by atoms with Gasteiger partial charge in [-0.2, -0.15) is 0 Å². The Bertz CT molecular complexity index is 360. The predicted molar refractivity (Wildman–Crippen MR) is 84.0 cm³/mol. The summed E-state index contributed by atoms with van der Waals surface area (Å²) in [6, 6.07) is 7.21. The Balaban J connectivity index is 2.76. The summed E-state index contributed by atoms with van der Waals surface area (Å²) in [7, 11) is 0. The summed E-state index contributed by atoms with van der Waals surface area (Å²) in [6.07, 6.45) is 3.68. The highest BCUT2D eigenvalue weighted by Gasteiger charge is 2.12. The molecule has 1 nitrogen and oxygen atoms in total. The summed E-state index contributed by atoms with van der Waals surface area (Å²) in [6.45, 7) is 10.1. The zero-order valence-electron chi connectivity index (χ0n) is 12.1. The van der Waals surface area contributed by atoms with Crippen molar-refractivity contribution in [2.45, 2.75) is 53.0 Å². The maximum Gasteiger partial charge on any atom is 0.0320 e. The number of rotatable bonds is 7. The summed E-state index contributed by atoms with van der Waals surface area (Å²) in [4.78, 5) is 0. The highest BCUT2D eigenvalue weighted by molar-refractivity contribution is 9.10. The van der Waals surface area contributed by atoms with Gasteiger partial charge in [0, 0.05) is 10.5 Å². The van der Waals surface area contributed by atoms with E-state index in [0.29, 0.717) is 6.04 Å². The van der Waals surface area contributed by atoms with Gasteiger partial charge in [0.05, 0.1) is 0 Å². The van der Waals surface area contributed by atoms with Gasteiger partial charge in [0.15, 0.2) is 0 Å². The molecule has 0 aliphatic rings. The van der Waals surface area contributed by atoms with Crippen molar-refractivity contribution >= 4 is 15.9 Å². The Kier molecular flexibility index (Phi) is 6.95. The van der Waals surface area contributed by atoms with E-state index in [4.69, 9.17) is 0 Å². The van der Waals surface area contributed by atoms with Crippen LogP contribution in [0.25, 0.3) is 0 Å². The topological polar surface area (TPSA) is 12.0 Å². The Morgan fingerprint density at radius 3 is 2.50 bits per heavy atom. The van der Waals surface area contributed by atoms with Crippen molar-refractivity contribution in [3.05, 3.63) is 33.8 Å². The molecule has 0 bridgehead atoms. The molecule has 0 radical (unpaired) electrons. The third-order valence-corrected chi connectivity index (χ3v) is 4.15. The van der Waals surface area contributed by atoms with Crippen molar-refractivity contribution < 1.29 is 0 Å². The molecule has 1 rings (SSSR count). The maximum absolute atomic E-state index is 3.67. The molecule has 1 N–H and O–H groups in total. The first kappa shape index (κ1) is 15.7. The van der Waals surface area contributed by atoms with E-state index in [1.165, 1.54) is 34.9 Å². The van der Waals surface area contributed by atoms with Crippen molar-refractivity contribution in [3.8, 4) is 0 Å². The van der Waals surface area contributed by atoms with Crippen molar-refractivity contribution in [2.75, 3.05) is 6.54 Å². The van der Waals surface area contributed by atoms with Crippen LogP contribution in [0.3, 0.4) is 0 Å². The molecule has 0 aromatic heterocycles. The lowest BCUT2D eigenvalue weighted by Gasteiger charge is -2.21. The zero-order valence-corrected chi connectivity index (χ0v) is 13.7. The lowest BCUT2D eigenvalue weighted by Crippen LogP contribution is -2.22. The lowest BCUT2D eigenvalue weighted by atomic mass is 9.96. The van der Waals surface area contributed by atoms with E-state index in [0.717, 1.165) is 12.5 Å². The SMILES string of the molecule is CCCNC(CCC(C)C)c1ccc(Br)c(C)c1. The van der Waals surface area contributed by atoms with Gasteiger partial charge in [0.2, 0.25) is 0 Å². The molecule has 0 fully saturated rings. The van der Waals surface area contributed by atoms with Crippen LogP contribution in [0.4, 0.5) is 0 Å². The normalized spacial score (nSPS) is 13.0. The van der Waals surface area contributed by atoms with E-state index in [2.05, 4.69) is 67.1 Å². The van der Waals surface area contributed by atoms with Gasteiger partial charge in [-0.1, -0.05) is 48.8 Å². The minimum absolute atomic E-state index is 0.499. The molecule has 0 amide bonds. The third-order valence-electron chi connectivity index (χ3n) is 3.26. The maximum atomic E-state index is 3.67. The summed E-state index contributed by atoms with van der Waals surface area (Å²) in [5.74, 6) is 0.771. The molecule has 0 saturated carbocycles. The van der Waals surface area contributed by atoms with Crippen molar-refractivity contribution in [1.29, 1.82) is 0 Å². The molecule has 1 unspecified atom stereocenters. The van der Waals surface area contributed by atoms with Gasteiger partial charge in [-0.15, -0.1) is 0 Å². The highest BCUT2D eigenvalue weighted by Crippen LogP contribution is 2.25. The van der Waals surface area contributed by atoms with Crippen LogP contribution in [0.15, 0.2) is 22.7 Å². The third kappa shape index (κ3) is 5.11. The quantitative estimate of drug-likeness (QED) is 0.726. The van der Waals surface area contributed by atoms with Crippen LogP contribution >= 0.6 is 15.9 Å². The summed E-state index contributed by atoms with van der Waals surface area (Å²) in [5.41, 5.74) is 2.74. The van der Waals surface area contributed by atoms with Crippen LogP contribution in [0.5, 0.6) is 0 Å². The van der Waals surface area contributed by atoms with Gasteiger partial charge in [-0.05, 0) is 55.8 Å². The van der Waals surface area contributed by atoms with Crippen LogP contribution in [0.1, 0.15) is 57.2 Å². The standard InChI is InChI=1S/C16H26BrN/c1-5-10-18-16(9-6-12(2)3)14-7-8-15(17)13(4)11-14/h7-8,11-12,16,18H,5-6,9-10H2,1-4H3. The van der Waals surface area contributed by atoms with E-state index in [1.54, 1.807) is 0 Å². The summed E-state index contributed by atoms with van der Waals surface area (Å²) < 4.78 is 1.20. The van der Waals surface area contributed by atoms with Gasteiger partial charge >= 0.3 is 0 Å². The number of aryl methyl sites for hydroxylation is 1. The smallest absolute Gasteiger partial charge is 0.0320 e. The Labute approximate surface area is 120 Å². The van der Waals surface area contributed by atoms with Gasteiger partial charge in [-0.3, -0.25) is 0 Å². The van der Waals surface area contributed by atoms with Crippen LogP contribution in [-0.4, -0.2) is 6.54 Å². The van der Waals surface area contributed by atoms with Gasteiger partial charge in [0.25, 0.3) is 0 Å². The second kappa shape index (κ2) is 7.96. The fraction of sp³-hybridized carbons (Fsp3) is 0.625. The molecule has 0 spiro atoms. The van der Waals surface area contributed by atoms with Gasteiger partial charge in [-0.25, -0.2) is 0 Å². The average Bonchev–Trinajstić information content (AvgIpc) is 2.33. The second-order valence-corrected chi connectivity index (χ2v) is 6.34. The molecule has 1 aromatic rings. The number of halogens is 1. The van der Waals surface area contributed by atoms with Crippen molar-refractivity contribution in [1.82, 2.24) is 5.32 Å². The average molecular weight is 312 g/mol. The predicted octanol–water partition coefficient (Wildman–Crippen LogP) is 5.23. The number of hydrogen-bond acceptors (Lipinski definition) is 1. The number of hydrogen-bond donors (Lipinski definition) is 1. The van der Waals surface area contributed by atoms with Crippen LogP contribution < -0.4 is 5.32 Å². The first-order valence-corrected chi connectivity index (χ1v) is 7.83. The van der Waals surface area contributed by atoms with E-state index < -0.39 is 0 Å². The molecule has 0 heterocycles. The summed E-state index contributed by atoms with van der Waals surface area (Å²) in [5, 5.41) is 3.67. The molecule has 102 valence electrons. The van der Waals surface area contributed by atoms with Crippen LogP contribution in [0.2, 0.25) is 0 Å². The minimum Gasteiger partial charge on any atom is -0.310 e. The fourth-order valence-electron chi connectivity index (χ4n) is 2.09. The van der Waals surface area contributed by atoms with Crippen molar-refractivity contribution in [2.24, 2.45) is 5.92 Å². The lowest BCUT2D eigenvalue weighted by molar-refractivity contribution is 0.440. The first-order chi connectivity index (χ1) is 8.54. The Hall–Kier alpha value is -0.340. The molecule has 2 heteroatoms. The van der Waals surface area contributed by atoms with Crippen LogP contribution in [-0.2, 0) is 0 Å². The van der Waals surface area contributed by atoms with Crippen molar-refractivity contribution in [3.63, 3.8) is 0 Å². The highest BCUT2D eigenvalue weighted by atomic mass is 79.9. The molecule has 1 aromatic carbocycles. The van der Waals surface area contributed by atoms with E-state index in [9.17, 15) is 0 Å². The van der Waals surface area contributed by atoms with E-state index in [1.807, 2.05) is 0 Å². The largest absolute Gasteiger partial charge is 0.310 e. The molecular formula is C16H26BrN. The molecular weight excluding hydrogens is 286 g/mol. The van der Waals surface area contributed by atoms with Gasteiger partial charge < -0.3 is 5.32 Å². The molecule has 0 aliphatic carbocycles. The minimum atomic E-state index is 0.499. The monoisotopic (exact) mass is 311 g/mol.